The van der Waals surface area contributed by atoms with E-state index in [9.17, 15) is 9.59 Å². The van der Waals surface area contributed by atoms with Gasteiger partial charge in [-0.1, -0.05) is 58.4 Å². The molecule has 1 aliphatic heterocycles. The normalized spacial score (nSPS) is 16.4. The van der Waals surface area contributed by atoms with Gasteiger partial charge in [-0.15, -0.1) is 0 Å². The Balaban J connectivity index is 1.64. The van der Waals surface area contributed by atoms with E-state index in [1.54, 1.807) is 4.90 Å². The summed E-state index contributed by atoms with van der Waals surface area (Å²) < 4.78 is 12.3. The minimum atomic E-state index is -0.988. The molecule has 0 atom stereocenters. The molecule has 7 heteroatoms. The van der Waals surface area contributed by atoms with E-state index in [4.69, 9.17) is 14.6 Å². The molecule has 1 amide bonds. The first-order chi connectivity index (χ1) is 14.5. The van der Waals surface area contributed by atoms with Gasteiger partial charge in [0.05, 0.1) is 5.60 Å². The third-order valence-electron chi connectivity index (χ3n) is 5.30. The average Bonchev–Trinajstić information content (AvgIpc) is 2.72. The predicted octanol–water partition coefficient (Wildman–Crippen LogP) is 4.96. The Morgan fingerprint density at radius 3 is 2.37 bits per heavy atom. The number of carbonyl (C=O) groups excluding carboxylic acids is 1. The van der Waals surface area contributed by atoms with Crippen molar-refractivity contribution >= 4 is 28.0 Å². The summed E-state index contributed by atoms with van der Waals surface area (Å²) >= 11 is 3.49. The summed E-state index contributed by atoms with van der Waals surface area (Å²) in [6, 6.07) is 17.4. The standard InChI is InChI=1S/C23H26BrNO5/c24-20-10-4-9-19(15-20)23(30-17-21(26)27)11-5-13-25(14-6-12-23)22(28)29-16-18-7-2-1-3-8-18/h1-4,7-10,15H,5-6,11-14,16-17H2,(H,26,27). The first kappa shape index (κ1) is 22.3. The van der Waals surface area contributed by atoms with Crippen LogP contribution in [-0.4, -0.2) is 41.8 Å². The topological polar surface area (TPSA) is 76.1 Å². The van der Waals surface area contributed by atoms with E-state index < -0.39 is 11.6 Å². The van der Waals surface area contributed by atoms with Gasteiger partial charge >= 0.3 is 12.1 Å². The number of carboxylic acids is 1. The van der Waals surface area contributed by atoms with Crippen LogP contribution in [-0.2, 0) is 26.5 Å². The number of benzene rings is 2. The summed E-state index contributed by atoms with van der Waals surface area (Å²) in [5.74, 6) is -0.988. The van der Waals surface area contributed by atoms with Gasteiger partial charge < -0.3 is 19.5 Å². The van der Waals surface area contributed by atoms with Crippen molar-refractivity contribution < 1.29 is 24.2 Å². The van der Waals surface area contributed by atoms with Gasteiger partial charge in [0.2, 0.25) is 0 Å². The second-order valence-corrected chi connectivity index (χ2v) is 8.34. The maximum atomic E-state index is 12.5. The van der Waals surface area contributed by atoms with Crippen LogP contribution >= 0.6 is 15.9 Å². The van der Waals surface area contributed by atoms with Crippen LogP contribution in [0.15, 0.2) is 59.1 Å². The molecule has 0 radical (unpaired) electrons. The minimum Gasteiger partial charge on any atom is -0.480 e. The lowest BCUT2D eigenvalue weighted by atomic mass is 9.83. The molecule has 0 bridgehead atoms. The van der Waals surface area contributed by atoms with E-state index in [0.717, 1.165) is 15.6 Å². The number of hydrogen-bond donors (Lipinski definition) is 1. The van der Waals surface area contributed by atoms with Crippen LogP contribution < -0.4 is 0 Å². The molecule has 2 aromatic rings. The van der Waals surface area contributed by atoms with Gasteiger partial charge in [0, 0.05) is 17.6 Å². The van der Waals surface area contributed by atoms with Crippen molar-refractivity contribution in [2.45, 2.75) is 37.9 Å². The van der Waals surface area contributed by atoms with Gasteiger partial charge in [0.15, 0.2) is 0 Å². The van der Waals surface area contributed by atoms with Gasteiger partial charge in [-0.25, -0.2) is 9.59 Å². The third-order valence-corrected chi connectivity index (χ3v) is 5.80. The van der Waals surface area contributed by atoms with E-state index in [1.807, 2.05) is 54.6 Å². The van der Waals surface area contributed by atoms with Crippen LogP contribution in [0.5, 0.6) is 0 Å². The number of amides is 1. The Kier molecular flexibility index (Phi) is 7.87. The molecule has 1 saturated heterocycles. The number of hydrogen-bond acceptors (Lipinski definition) is 4. The Labute approximate surface area is 184 Å². The fourth-order valence-corrected chi connectivity index (χ4v) is 4.23. The van der Waals surface area contributed by atoms with Crippen molar-refractivity contribution in [3.63, 3.8) is 0 Å². The third kappa shape index (κ3) is 6.06. The Morgan fingerprint density at radius 1 is 1.03 bits per heavy atom. The maximum absolute atomic E-state index is 12.5. The van der Waals surface area contributed by atoms with E-state index in [-0.39, 0.29) is 19.3 Å². The van der Waals surface area contributed by atoms with Crippen molar-refractivity contribution in [3.8, 4) is 0 Å². The number of carboxylic acid groups (broad SMARTS) is 1. The predicted molar refractivity (Wildman–Crippen MR) is 116 cm³/mol. The lowest BCUT2D eigenvalue weighted by molar-refractivity contribution is -0.152. The van der Waals surface area contributed by atoms with Crippen molar-refractivity contribution in [1.82, 2.24) is 4.90 Å². The minimum absolute atomic E-state index is 0.250. The molecule has 160 valence electrons. The maximum Gasteiger partial charge on any atom is 0.410 e. The molecular formula is C23H26BrNO5. The SMILES string of the molecule is O=C(O)COC1(c2cccc(Br)c2)CCCN(C(=O)OCc2ccccc2)CCC1. The van der Waals surface area contributed by atoms with Gasteiger partial charge in [0.1, 0.15) is 13.2 Å². The molecule has 2 aromatic carbocycles. The molecule has 0 aromatic heterocycles. The van der Waals surface area contributed by atoms with Crippen LogP contribution in [0.2, 0.25) is 0 Å². The number of halogens is 1. The number of likely N-dealkylation sites (tertiary alicyclic amines) is 1. The Hall–Kier alpha value is -2.38. The average molecular weight is 476 g/mol. The molecular weight excluding hydrogens is 450 g/mol. The van der Waals surface area contributed by atoms with E-state index in [2.05, 4.69) is 15.9 Å². The number of nitrogens with zero attached hydrogens (tertiary/aromatic N) is 1. The number of rotatable bonds is 6. The van der Waals surface area contributed by atoms with Crippen molar-refractivity contribution in [3.05, 3.63) is 70.2 Å². The highest BCUT2D eigenvalue weighted by Crippen LogP contribution is 2.38. The smallest absolute Gasteiger partial charge is 0.410 e. The van der Waals surface area contributed by atoms with Crippen molar-refractivity contribution in [2.24, 2.45) is 0 Å². The lowest BCUT2D eigenvalue weighted by Crippen LogP contribution is -2.40. The van der Waals surface area contributed by atoms with Crippen molar-refractivity contribution in [1.29, 1.82) is 0 Å². The van der Waals surface area contributed by atoms with Gasteiger partial charge in [-0.2, -0.15) is 0 Å². The zero-order chi connectivity index (χ0) is 21.4. The summed E-state index contributed by atoms with van der Waals surface area (Å²) in [6.45, 7) is 0.981. The highest BCUT2D eigenvalue weighted by Gasteiger charge is 2.35. The first-order valence-corrected chi connectivity index (χ1v) is 10.9. The molecule has 0 saturated carbocycles. The highest BCUT2D eigenvalue weighted by atomic mass is 79.9. The fourth-order valence-electron chi connectivity index (χ4n) is 3.83. The summed E-state index contributed by atoms with van der Waals surface area (Å²) in [4.78, 5) is 25.4. The van der Waals surface area contributed by atoms with Gasteiger partial charge in [-0.05, 0) is 48.9 Å². The quantitative estimate of drug-likeness (QED) is 0.638. The molecule has 3 rings (SSSR count). The van der Waals surface area contributed by atoms with E-state index >= 15 is 0 Å². The van der Waals surface area contributed by atoms with Crippen molar-refractivity contribution in [2.75, 3.05) is 19.7 Å². The number of aliphatic carboxylic acids is 1. The van der Waals surface area contributed by atoms with Crippen LogP contribution in [0.4, 0.5) is 4.79 Å². The van der Waals surface area contributed by atoms with Crippen LogP contribution in [0, 0.1) is 0 Å². The van der Waals surface area contributed by atoms with E-state index in [1.165, 1.54) is 0 Å². The second-order valence-electron chi connectivity index (χ2n) is 7.42. The molecule has 1 N–H and O–H groups in total. The van der Waals surface area contributed by atoms with E-state index in [0.29, 0.717) is 38.8 Å². The molecule has 1 aliphatic rings. The Bertz CT molecular complexity index is 848. The summed E-state index contributed by atoms with van der Waals surface area (Å²) in [5.41, 5.74) is 1.23. The molecule has 1 fully saturated rings. The van der Waals surface area contributed by atoms with Crippen LogP contribution in [0.25, 0.3) is 0 Å². The second kappa shape index (κ2) is 10.6. The number of ether oxygens (including phenoxy) is 2. The van der Waals surface area contributed by atoms with Crippen LogP contribution in [0.3, 0.4) is 0 Å². The molecule has 0 aliphatic carbocycles. The molecule has 1 heterocycles. The molecule has 0 spiro atoms. The van der Waals surface area contributed by atoms with Gasteiger partial charge in [0.25, 0.3) is 0 Å². The summed E-state index contributed by atoms with van der Waals surface area (Å²) in [6.07, 6.45) is 2.30. The largest absolute Gasteiger partial charge is 0.480 e. The number of carbonyl (C=O) groups is 2. The first-order valence-electron chi connectivity index (χ1n) is 10.1. The fraction of sp³-hybridized carbons (Fsp3) is 0.391. The van der Waals surface area contributed by atoms with Gasteiger partial charge in [-0.3, -0.25) is 0 Å². The molecule has 30 heavy (non-hydrogen) atoms. The summed E-state index contributed by atoms with van der Waals surface area (Å²) in [5, 5.41) is 9.15. The zero-order valence-corrected chi connectivity index (χ0v) is 18.3. The zero-order valence-electron chi connectivity index (χ0n) is 16.8. The monoisotopic (exact) mass is 475 g/mol. The molecule has 0 unspecified atom stereocenters. The highest BCUT2D eigenvalue weighted by molar-refractivity contribution is 9.10. The lowest BCUT2D eigenvalue weighted by Gasteiger charge is -2.37. The summed E-state index contributed by atoms with van der Waals surface area (Å²) in [7, 11) is 0. The Morgan fingerprint density at radius 2 is 1.73 bits per heavy atom. The van der Waals surface area contributed by atoms with Crippen LogP contribution in [0.1, 0.15) is 36.8 Å². The molecule has 6 nitrogen and oxygen atoms in total.